The van der Waals surface area contributed by atoms with Crippen molar-refractivity contribution in [2.24, 2.45) is 0 Å². The quantitative estimate of drug-likeness (QED) is 0.772. The van der Waals surface area contributed by atoms with Gasteiger partial charge in [0, 0.05) is 6.20 Å². The molecule has 0 bridgehead atoms. The minimum atomic E-state index is 0.470. The Morgan fingerprint density at radius 3 is 2.69 bits per heavy atom. The van der Waals surface area contributed by atoms with Crippen molar-refractivity contribution in [2.75, 3.05) is 0 Å². The van der Waals surface area contributed by atoms with Crippen LogP contribution in [0.4, 0.5) is 5.69 Å². The summed E-state index contributed by atoms with van der Waals surface area (Å²) in [4.78, 5) is 8.18. The van der Waals surface area contributed by atoms with E-state index in [-0.39, 0.29) is 0 Å². The number of aryl methyl sites for hydroxylation is 2. The topological polar surface area (TPSA) is 58.8 Å². The second-order valence-corrected chi connectivity index (χ2v) is 3.58. The van der Waals surface area contributed by atoms with E-state index in [9.17, 15) is 0 Å². The predicted octanol–water partition coefficient (Wildman–Crippen LogP) is 2.80. The molecule has 1 heterocycles. The van der Waals surface area contributed by atoms with Gasteiger partial charge in [0.1, 0.15) is 5.75 Å². The largest absolute Gasteiger partial charge is 0.437 e. The number of hydrogen-bond acceptors (Lipinski definition) is 3. The molecule has 4 heteroatoms. The fourth-order valence-corrected chi connectivity index (χ4v) is 1.31. The van der Waals surface area contributed by atoms with Crippen molar-refractivity contribution in [2.45, 2.75) is 13.8 Å². The van der Waals surface area contributed by atoms with Gasteiger partial charge < -0.3 is 10.5 Å². The first-order chi connectivity index (χ1) is 7.65. The molecule has 0 amide bonds. The highest BCUT2D eigenvalue weighted by Gasteiger charge is 2.01. The molecule has 81 valence electrons. The number of nitrogens with zero attached hydrogens (tertiary/aromatic N) is 2. The summed E-state index contributed by atoms with van der Waals surface area (Å²) in [5, 5.41) is 0. The van der Waals surface area contributed by atoms with Crippen LogP contribution in [0.3, 0.4) is 0 Å². The smallest absolute Gasteiger partial charge is 0.238 e. The Balaban J connectivity index is 2.24. The van der Waals surface area contributed by atoms with Gasteiger partial charge in [-0.05, 0) is 37.6 Å². The average Bonchev–Trinajstić information content (AvgIpc) is 2.24. The average molecular weight is 214 g/mol. The maximum Gasteiger partial charge on any atom is 0.238 e. The lowest BCUT2D eigenvalue weighted by Gasteiger charge is -2.06. The van der Waals surface area contributed by atoms with Crippen LogP contribution in [0.5, 0.6) is 11.6 Å². The summed E-state index contributed by atoms with van der Waals surface area (Å²) < 4.78 is 5.54. The highest BCUT2D eigenvalue weighted by molar-refractivity contribution is 5.47. The van der Waals surface area contributed by atoms with Crippen molar-refractivity contribution in [1.82, 2.24) is 15.7 Å². The monoisotopic (exact) mass is 214 g/mol. The lowest BCUT2D eigenvalue weighted by molar-refractivity contribution is 0.458. The highest BCUT2D eigenvalue weighted by Crippen LogP contribution is 2.23. The maximum absolute atomic E-state index is 7.55. The normalized spacial score (nSPS) is 10.1. The molecule has 0 saturated heterocycles. The molecule has 2 rings (SSSR count). The van der Waals surface area contributed by atoms with Gasteiger partial charge in [-0.3, -0.25) is 4.98 Å². The van der Waals surface area contributed by atoms with Gasteiger partial charge in [0.2, 0.25) is 5.88 Å². The summed E-state index contributed by atoms with van der Waals surface area (Å²) in [6.45, 7) is 3.73. The van der Waals surface area contributed by atoms with Gasteiger partial charge >= 0.3 is 0 Å². The number of benzene rings is 1. The van der Waals surface area contributed by atoms with Gasteiger partial charge in [-0.25, -0.2) is 4.98 Å². The van der Waals surface area contributed by atoms with E-state index in [2.05, 4.69) is 9.97 Å². The molecule has 1 aromatic heterocycles. The Kier molecular flexibility index (Phi) is 2.72. The van der Waals surface area contributed by atoms with Gasteiger partial charge in [0.05, 0.1) is 17.6 Å². The lowest BCUT2D eigenvalue weighted by Crippen LogP contribution is -1.91. The first-order valence-corrected chi connectivity index (χ1v) is 4.94. The van der Waals surface area contributed by atoms with E-state index in [1.54, 1.807) is 24.5 Å². The summed E-state index contributed by atoms with van der Waals surface area (Å²) >= 11 is 0. The molecular formula is C12H12N3O. The summed E-state index contributed by atoms with van der Waals surface area (Å²) in [7, 11) is 0. The molecule has 1 aromatic carbocycles. The molecule has 0 atom stereocenters. The van der Waals surface area contributed by atoms with E-state index < -0.39 is 0 Å². The summed E-state index contributed by atoms with van der Waals surface area (Å²) in [5.74, 6) is 1.14. The molecule has 1 radical (unpaired) electrons. The van der Waals surface area contributed by atoms with E-state index in [4.69, 9.17) is 10.5 Å². The second-order valence-electron chi connectivity index (χ2n) is 3.58. The number of nitrogens with one attached hydrogen (secondary N) is 1. The molecule has 1 N–H and O–H groups in total. The highest BCUT2D eigenvalue weighted by atomic mass is 16.5. The third-order valence-corrected chi connectivity index (χ3v) is 2.15. The Morgan fingerprint density at radius 2 is 2.00 bits per heavy atom. The zero-order valence-corrected chi connectivity index (χ0v) is 9.19. The molecule has 0 aliphatic heterocycles. The van der Waals surface area contributed by atoms with E-state index >= 15 is 0 Å². The first kappa shape index (κ1) is 10.4. The fourth-order valence-electron chi connectivity index (χ4n) is 1.31. The van der Waals surface area contributed by atoms with Gasteiger partial charge in [-0.15, -0.1) is 0 Å². The Labute approximate surface area is 94.1 Å². The molecule has 0 fully saturated rings. The Morgan fingerprint density at radius 1 is 1.19 bits per heavy atom. The van der Waals surface area contributed by atoms with Crippen molar-refractivity contribution in [1.29, 1.82) is 0 Å². The minimum absolute atomic E-state index is 0.470. The van der Waals surface area contributed by atoms with Crippen molar-refractivity contribution in [3.05, 3.63) is 41.9 Å². The van der Waals surface area contributed by atoms with Crippen LogP contribution in [0.1, 0.15) is 11.3 Å². The van der Waals surface area contributed by atoms with Crippen molar-refractivity contribution in [3.63, 3.8) is 0 Å². The zero-order chi connectivity index (χ0) is 11.5. The molecular weight excluding hydrogens is 202 g/mol. The fraction of sp³-hybridized carbons (Fsp3) is 0.167. The van der Waals surface area contributed by atoms with Crippen molar-refractivity contribution >= 4 is 5.69 Å². The van der Waals surface area contributed by atoms with E-state index in [1.807, 2.05) is 19.9 Å². The van der Waals surface area contributed by atoms with Crippen LogP contribution in [-0.2, 0) is 0 Å². The Hall–Kier alpha value is -2.10. The van der Waals surface area contributed by atoms with E-state index in [0.717, 1.165) is 11.3 Å². The molecule has 4 nitrogen and oxygen atoms in total. The lowest BCUT2D eigenvalue weighted by atomic mass is 10.2. The molecule has 0 aliphatic carbocycles. The van der Waals surface area contributed by atoms with Gasteiger partial charge in [0.25, 0.3) is 0 Å². The van der Waals surface area contributed by atoms with Crippen molar-refractivity contribution in [3.8, 4) is 11.6 Å². The minimum Gasteiger partial charge on any atom is -0.437 e. The predicted molar refractivity (Wildman–Crippen MR) is 60.8 cm³/mol. The van der Waals surface area contributed by atoms with Gasteiger partial charge in [0.15, 0.2) is 0 Å². The second kappa shape index (κ2) is 4.18. The van der Waals surface area contributed by atoms with Crippen LogP contribution in [-0.4, -0.2) is 9.97 Å². The van der Waals surface area contributed by atoms with Crippen LogP contribution in [0, 0.1) is 13.8 Å². The molecule has 0 saturated carbocycles. The number of rotatable bonds is 2. The van der Waals surface area contributed by atoms with Crippen LogP contribution in [0.15, 0.2) is 30.6 Å². The summed E-state index contributed by atoms with van der Waals surface area (Å²) in [5.41, 5.74) is 9.73. The summed E-state index contributed by atoms with van der Waals surface area (Å²) in [6, 6.07) is 5.26. The van der Waals surface area contributed by atoms with Crippen LogP contribution < -0.4 is 10.5 Å². The van der Waals surface area contributed by atoms with Crippen LogP contribution >= 0.6 is 0 Å². The van der Waals surface area contributed by atoms with Gasteiger partial charge in [-0.2, -0.15) is 0 Å². The third kappa shape index (κ3) is 2.28. The first-order valence-electron chi connectivity index (χ1n) is 4.94. The number of ether oxygens (including phenoxy) is 1. The van der Waals surface area contributed by atoms with Crippen LogP contribution in [0.25, 0.3) is 0 Å². The third-order valence-electron chi connectivity index (χ3n) is 2.15. The molecule has 2 aromatic rings. The Bertz CT molecular complexity index is 511. The summed E-state index contributed by atoms with van der Waals surface area (Å²) in [6.07, 6.45) is 3.24. The number of hydrogen-bond donors (Lipinski definition) is 0. The van der Waals surface area contributed by atoms with E-state index in [1.165, 1.54) is 0 Å². The maximum atomic E-state index is 7.55. The molecule has 0 spiro atoms. The molecule has 0 aliphatic rings. The molecule has 0 unspecified atom stereocenters. The van der Waals surface area contributed by atoms with Crippen molar-refractivity contribution < 1.29 is 4.74 Å². The SMILES string of the molecule is Cc1cncc(Oc2ccc([NH])c(C)c2)n1. The van der Waals surface area contributed by atoms with Crippen LogP contribution in [0.2, 0.25) is 0 Å². The molecule has 16 heavy (non-hydrogen) atoms. The zero-order valence-electron chi connectivity index (χ0n) is 9.19. The van der Waals surface area contributed by atoms with Gasteiger partial charge in [-0.1, -0.05) is 0 Å². The number of aromatic nitrogens is 2. The standard InChI is InChI=1S/C12H12N3O/c1-8-5-10(3-4-11(8)13)16-12-7-14-6-9(2)15-12/h3-7,13H,1-2H3. The van der Waals surface area contributed by atoms with E-state index in [0.29, 0.717) is 17.3 Å².